The van der Waals surface area contributed by atoms with Gasteiger partial charge in [0.2, 0.25) is 0 Å². The second-order valence-corrected chi connectivity index (χ2v) is 5.02. The van der Waals surface area contributed by atoms with E-state index in [-0.39, 0.29) is 16.9 Å². The van der Waals surface area contributed by atoms with E-state index in [1.165, 1.54) is 19.2 Å². The zero-order chi connectivity index (χ0) is 13.2. The van der Waals surface area contributed by atoms with E-state index in [0.29, 0.717) is 5.56 Å². The number of hydrogen-bond donors (Lipinski definition) is 0. The van der Waals surface area contributed by atoms with E-state index in [2.05, 4.69) is 0 Å². The summed E-state index contributed by atoms with van der Waals surface area (Å²) < 4.78 is 18.5. The smallest absolute Gasteiger partial charge is 0.169 e. The summed E-state index contributed by atoms with van der Waals surface area (Å²) in [5, 5.41) is 0. The zero-order valence-corrected chi connectivity index (χ0v) is 11.0. The molecule has 1 saturated carbocycles. The number of hydrogen-bond acceptors (Lipinski definition) is 2. The lowest BCUT2D eigenvalue weighted by Gasteiger charge is -2.25. The molecule has 1 fully saturated rings. The lowest BCUT2D eigenvalue weighted by Crippen LogP contribution is -2.27. The van der Waals surface area contributed by atoms with Crippen LogP contribution in [-0.2, 0) is 0 Å². The molecule has 98 valence electrons. The molecule has 0 unspecified atom stereocenters. The highest BCUT2D eigenvalue weighted by Crippen LogP contribution is 2.43. The summed E-state index contributed by atoms with van der Waals surface area (Å²) in [6, 6.07) is 4.50. The van der Waals surface area contributed by atoms with E-state index >= 15 is 0 Å². The van der Waals surface area contributed by atoms with Gasteiger partial charge in [-0.1, -0.05) is 19.8 Å². The van der Waals surface area contributed by atoms with Gasteiger partial charge in [0.25, 0.3) is 0 Å². The largest absolute Gasteiger partial charge is 0.494 e. The average molecular weight is 250 g/mol. The third-order valence-electron chi connectivity index (χ3n) is 4.13. The highest BCUT2D eigenvalue weighted by atomic mass is 19.1. The van der Waals surface area contributed by atoms with Crippen LogP contribution in [-0.4, -0.2) is 12.9 Å². The lowest BCUT2D eigenvalue weighted by molar-refractivity contribution is 0.0790. The first-order valence-electron chi connectivity index (χ1n) is 6.51. The van der Waals surface area contributed by atoms with E-state index < -0.39 is 5.82 Å². The highest BCUT2D eigenvalue weighted by molar-refractivity contribution is 6.00. The van der Waals surface area contributed by atoms with Crippen LogP contribution in [0.4, 0.5) is 4.39 Å². The number of Topliss-reactive ketones (excluding diaryl/α,β-unsaturated/α-hetero) is 1. The van der Waals surface area contributed by atoms with Gasteiger partial charge in [0.15, 0.2) is 17.3 Å². The first kappa shape index (κ1) is 13.1. The Bertz CT molecular complexity index is 448. The van der Waals surface area contributed by atoms with Gasteiger partial charge in [0.1, 0.15) is 0 Å². The first-order chi connectivity index (χ1) is 8.63. The molecule has 0 spiro atoms. The van der Waals surface area contributed by atoms with Gasteiger partial charge < -0.3 is 4.74 Å². The molecule has 3 heteroatoms. The fourth-order valence-electron chi connectivity index (χ4n) is 2.91. The Hall–Kier alpha value is -1.38. The summed E-state index contributed by atoms with van der Waals surface area (Å²) in [5.41, 5.74) is 0.207. The molecule has 1 aromatic rings. The van der Waals surface area contributed by atoms with Crippen molar-refractivity contribution in [1.29, 1.82) is 0 Å². The van der Waals surface area contributed by atoms with Crippen LogP contribution in [0.2, 0.25) is 0 Å². The van der Waals surface area contributed by atoms with Gasteiger partial charge in [-0.15, -0.1) is 0 Å². The van der Waals surface area contributed by atoms with Gasteiger partial charge in [-0.05, 0) is 37.5 Å². The molecule has 2 rings (SSSR count). The summed E-state index contributed by atoms with van der Waals surface area (Å²) in [5.74, 6) is -0.194. The minimum Gasteiger partial charge on any atom is -0.494 e. The number of benzene rings is 1. The third kappa shape index (κ3) is 2.14. The molecule has 0 bridgehead atoms. The summed E-state index contributed by atoms with van der Waals surface area (Å²) in [4.78, 5) is 12.5. The molecule has 0 aliphatic heterocycles. The highest BCUT2D eigenvalue weighted by Gasteiger charge is 2.39. The minimum absolute atomic E-state index is 0.0871. The number of rotatable bonds is 4. The molecule has 0 N–H and O–H groups in total. The first-order valence-corrected chi connectivity index (χ1v) is 6.51. The van der Waals surface area contributed by atoms with Crippen molar-refractivity contribution in [2.75, 3.05) is 7.11 Å². The monoisotopic (exact) mass is 250 g/mol. The van der Waals surface area contributed by atoms with Crippen molar-refractivity contribution in [2.24, 2.45) is 5.41 Å². The Kier molecular flexibility index (Phi) is 3.69. The van der Waals surface area contributed by atoms with Crippen LogP contribution in [0.1, 0.15) is 49.4 Å². The molecule has 1 aromatic carbocycles. The Balaban J connectivity index is 2.31. The number of ketones is 1. The van der Waals surface area contributed by atoms with Gasteiger partial charge in [0.05, 0.1) is 7.11 Å². The number of methoxy groups -OCH3 is 1. The minimum atomic E-state index is -0.465. The molecule has 2 nitrogen and oxygen atoms in total. The maximum Gasteiger partial charge on any atom is 0.169 e. The average Bonchev–Trinajstić information content (AvgIpc) is 2.87. The van der Waals surface area contributed by atoms with Gasteiger partial charge in [-0.25, -0.2) is 4.39 Å². The predicted molar refractivity (Wildman–Crippen MR) is 68.5 cm³/mol. The number of halogens is 1. The standard InChI is InChI=1S/C15H19FO2/c1-3-15(8-4-5-9-15)14(17)11-6-7-13(18-2)12(16)10-11/h6-7,10H,3-5,8-9H2,1-2H3. The Morgan fingerprint density at radius 3 is 2.56 bits per heavy atom. The topological polar surface area (TPSA) is 26.3 Å². The molecule has 1 aliphatic carbocycles. The van der Waals surface area contributed by atoms with Crippen molar-refractivity contribution in [2.45, 2.75) is 39.0 Å². The molecule has 0 aromatic heterocycles. The number of carbonyl (C=O) groups is 1. The SMILES string of the molecule is CCC1(C(=O)c2ccc(OC)c(F)c2)CCCC1. The van der Waals surface area contributed by atoms with Gasteiger partial charge >= 0.3 is 0 Å². The van der Waals surface area contributed by atoms with Crippen molar-refractivity contribution < 1.29 is 13.9 Å². The van der Waals surface area contributed by atoms with Gasteiger partial charge in [-0.3, -0.25) is 4.79 Å². The quantitative estimate of drug-likeness (QED) is 0.755. The maximum atomic E-state index is 13.6. The van der Waals surface area contributed by atoms with Crippen molar-refractivity contribution in [3.05, 3.63) is 29.6 Å². The molecule has 0 amide bonds. The third-order valence-corrected chi connectivity index (χ3v) is 4.13. The van der Waals surface area contributed by atoms with Crippen LogP contribution >= 0.6 is 0 Å². The lowest BCUT2D eigenvalue weighted by atomic mass is 9.76. The van der Waals surface area contributed by atoms with Crippen molar-refractivity contribution in [3.8, 4) is 5.75 Å². The van der Waals surface area contributed by atoms with Crippen molar-refractivity contribution in [3.63, 3.8) is 0 Å². The summed E-state index contributed by atoms with van der Waals surface area (Å²) >= 11 is 0. The van der Waals surface area contributed by atoms with Crippen LogP contribution < -0.4 is 4.74 Å². The molecular formula is C15H19FO2. The molecule has 0 radical (unpaired) electrons. The van der Waals surface area contributed by atoms with Crippen LogP contribution in [0.15, 0.2) is 18.2 Å². The summed E-state index contributed by atoms with van der Waals surface area (Å²) in [7, 11) is 1.42. The molecule has 0 saturated heterocycles. The van der Waals surface area contributed by atoms with Crippen LogP contribution in [0, 0.1) is 11.2 Å². The van der Waals surface area contributed by atoms with Crippen molar-refractivity contribution >= 4 is 5.78 Å². The van der Waals surface area contributed by atoms with Gasteiger partial charge in [0, 0.05) is 11.0 Å². The fourth-order valence-corrected chi connectivity index (χ4v) is 2.91. The zero-order valence-electron chi connectivity index (χ0n) is 11.0. The molecule has 0 atom stereocenters. The second kappa shape index (κ2) is 5.09. The maximum absolute atomic E-state index is 13.6. The van der Waals surface area contributed by atoms with E-state index in [1.807, 2.05) is 6.92 Å². The fraction of sp³-hybridized carbons (Fsp3) is 0.533. The Morgan fingerprint density at radius 1 is 1.39 bits per heavy atom. The molecule has 18 heavy (non-hydrogen) atoms. The normalized spacial score (nSPS) is 17.7. The van der Waals surface area contributed by atoms with Crippen LogP contribution in [0.25, 0.3) is 0 Å². The second-order valence-electron chi connectivity index (χ2n) is 5.02. The number of ether oxygens (including phenoxy) is 1. The molecular weight excluding hydrogens is 231 g/mol. The molecule has 0 heterocycles. The Labute approximate surface area is 107 Å². The van der Waals surface area contributed by atoms with E-state index in [4.69, 9.17) is 4.74 Å². The van der Waals surface area contributed by atoms with Crippen LogP contribution in [0.5, 0.6) is 5.75 Å². The van der Waals surface area contributed by atoms with Gasteiger partial charge in [-0.2, -0.15) is 0 Å². The molecule has 1 aliphatic rings. The summed E-state index contributed by atoms with van der Waals surface area (Å²) in [6.07, 6.45) is 4.88. The number of carbonyl (C=O) groups excluding carboxylic acids is 1. The van der Waals surface area contributed by atoms with E-state index in [1.54, 1.807) is 6.07 Å². The predicted octanol–water partition coefficient (Wildman–Crippen LogP) is 3.99. The van der Waals surface area contributed by atoms with E-state index in [0.717, 1.165) is 32.1 Å². The van der Waals surface area contributed by atoms with Crippen molar-refractivity contribution in [1.82, 2.24) is 0 Å². The van der Waals surface area contributed by atoms with Crippen LogP contribution in [0.3, 0.4) is 0 Å². The Morgan fingerprint density at radius 2 is 2.06 bits per heavy atom. The summed E-state index contributed by atoms with van der Waals surface area (Å²) in [6.45, 7) is 2.04. The van der Waals surface area contributed by atoms with E-state index in [9.17, 15) is 9.18 Å².